The maximum absolute atomic E-state index is 12.2. The highest BCUT2D eigenvalue weighted by atomic mass is 16.5. The molecule has 1 amide bonds. The van der Waals surface area contributed by atoms with Gasteiger partial charge in [-0.15, -0.1) is 0 Å². The predicted molar refractivity (Wildman–Crippen MR) is 86.0 cm³/mol. The first-order valence-corrected chi connectivity index (χ1v) is 7.51. The van der Waals surface area contributed by atoms with Crippen LogP contribution in [0.15, 0.2) is 12.1 Å². The SMILES string of the molecule is CCCOc1c(C)cc(NC(=O)C(C)(C)OCC)cc1C. The van der Waals surface area contributed by atoms with Gasteiger partial charge in [0.25, 0.3) is 5.91 Å². The fraction of sp³-hybridized carbons (Fsp3) is 0.588. The van der Waals surface area contributed by atoms with Gasteiger partial charge in [0.15, 0.2) is 0 Å². The average molecular weight is 293 g/mol. The summed E-state index contributed by atoms with van der Waals surface area (Å²) in [7, 11) is 0. The summed E-state index contributed by atoms with van der Waals surface area (Å²) in [5.41, 5.74) is 1.97. The zero-order valence-corrected chi connectivity index (χ0v) is 14.0. The van der Waals surface area contributed by atoms with Crippen LogP contribution in [0.1, 0.15) is 45.2 Å². The molecular formula is C17H27NO3. The van der Waals surface area contributed by atoms with Crippen molar-refractivity contribution in [1.82, 2.24) is 0 Å². The molecule has 0 aliphatic carbocycles. The van der Waals surface area contributed by atoms with E-state index in [0.29, 0.717) is 13.2 Å². The number of benzene rings is 1. The fourth-order valence-corrected chi connectivity index (χ4v) is 2.16. The summed E-state index contributed by atoms with van der Waals surface area (Å²) in [6, 6.07) is 3.86. The summed E-state index contributed by atoms with van der Waals surface area (Å²) in [6.07, 6.45) is 0.972. The molecule has 0 aliphatic heterocycles. The van der Waals surface area contributed by atoms with Gasteiger partial charge < -0.3 is 14.8 Å². The number of ether oxygens (including phenoxy) is 2. The second-order valence-electron chi connectivity index (χ2n) is 5.69. The minimum atomic E-state index is -0.839. The van der Waals surface area contributed by atoms with Crippen molar-refractivity contribution in [3.8, 4) is 5.75 Å². The van der Waals surface area contributed by atoms with E-state index in [1.54, 1.807) is 13.8 Å². The number of carbonyl (C=O) groups excluding carboxylic acids is 1. The topological polar surface area (TPSA) is 47.6 Å². The zero-order chi connectivity index (χ0) is 16.0. The smallest absolute Gasteiger partial charge is 0.256 e. The molecule has 1 aromatic rings. The van der Waals surface area contributed by atoms with E-state index in [0.717, 1.165) is 29.0 Å². The van der Waals surface area contributed by atoms with Gasteiger partial charge in [-0.25, -0.2) is 0 Å². The van der Waals surface area contributed by atoms with Gasteiger partial charge in [0.1, 0.15) is 11.4 Å². The molecule has 0 atom stereocenters. The molecular weight excluding hydrogens is 266 g/mol. The fourth-order valence-electron chi connectivity index (χ4n) is 2.16. The van der Waals surface area contributed by atoms with Crippen LogP contribution < -0.4 is 10.1 Å². The Balaban J connectivity index is 2.88. The second-order valence-corrected chi connectivity index (χ2v) is 5.69. The highest BCUT2D eigenvalue weighted by molar-refractivity contribution is 5.97. The zero-order valence-electron chi connectivity index (χ0n) is 14.0. The first-order valence-electron chi connectivity index (χ1n) is 7.51. The third-order valence-electron chi connectivity index (χ3n) is 3.22. The Labute approximate surface area is 127 Å². The molecule has 0 radical (unpaired) electrons. The Morgan fingerprint density at radius 1 is 1.19 bits per heavy atom. The summed E-state index contributed by atoms with van der Waals surface area (Å²) in [5, 5.41) is 2.91. The standard InChI is InChI=1S/C17H27NO3/c1-7-9-20-15-12(3)10-14(11-13(15)4)18-16(19)17(5,6)21-8-2/h10-11H,7-9H2,1-6H3,(H,18,19). The summed E-state index contributed by atoms with van der Waals surface area (Å²) in [4.78, 5) is 12.2. The van der Waals surface area contributed by atoms with Gasteiger partial charge in [0, 0.05) is 12.3 Å². The normalized spacial score (nSPS) is 11.3. The van der Waals surface area contributed by atoms with E-state index in [2.05, 4.69) is 12.2 Å². The largest absolute Gasteiger partial charge is 0.493 e. The molecule has 118 valence electrons. The Kier molecular flexibility index (Phi) is 6.21. The lowest BCUT2D eigenvalue weighted by atomic mass is 10.1. The van der Waals surface area contributed by atoms with Crippen LogP contribution in [0.25, 0.3) is 0 Å². The van der Waals surface area contributed by atoms with E-state index < -0.39 is 5.60 Å². The van der Waals surface area contributed by atoms with E-state index in [1.165, 1.54) is 0 Å². The molecule has 21 heavy (non-hydrogen) atoms. The van der Waals surface area contributed by atoms with Crippen molar-refractivity contribution < 1.29 is 14.3 Å². The molecule has 0 aromatic heterocycles. The third-order valence-corrected chi connectivity index (χ3v) is 3.22. The number of anilines is 1. The Morgan fingerprint density at radius 3 is 2.24 bits per heavy atom. The monoisotopic (exact) mass is 293 g/mol. The second kappa shape index (κ2) is 7.46. The lowest BCUT2D eigenvalue weighted by Gasteiger charge is -2.24. The minimum absolute atomic E-state index is 0.148. The molecule has 0 bridgehead atoms. The molecule has 0 heterocycles. The van der Waals surface area contributed by atoms with Gasteiger partial charge in [0.05, 0.1) is 6.61 Å². The van der Waals surface area contributed by atoms with Gasteiger partial charge in [-0.3, -0.25) is 4.79 Å². The molecule has 0 unspecified atom stereocenters. The number of nitrogens with one attached hydrogen (secondary N) is 1. The summed E-state index contributed by atoms with van der Waals surface area (Å²) < 4.78 is 11.2. The number of hydrogen-bond acceptors (Lipinski definition) is 3. The summed E-state index contributed by atoms with van der Waals surface area (Å²) in [6.45, 7) is 12.7. The predicted octanol–water partition coefficient (Wildman–Crippen LogP) is 3.85. The van der Waals surface area contributed by atoms with Crippen LogP contribution in [0, 0.1) is 13.8 Å². The number of hydrogen-bond donors (Lipinski definition) is 1. The molecule has 0 aliphatic rings. The van der Waals surface area contributed by atoms with Crippen molar-refractivity contribution in [2.75, 3.05) is 18.5 Å². The van der Waals surface area contributed by atoms with Crippen LogP contribution in [0.4, 0.5) is 5.69 Å². The molecule has 1 rings (SSSR count). The van der Waals surface area contributed by atoms with Gasteiger partial charge in [-0.05, 0) is 64.3 Å². The highest BCUT2D eigenvalue weighted by Crippen LogP contribution is 2.28. The van der Waals surface area contributed by atoms with Crippen molar-refractivity contribution in [2.45, 2.75) is 53.6 Å². The Hall–Kier alpha value is -1.55. The van der Waals surface area contributed by atoms with E-state index in [1.807, 2.05) is 32.9 Å². The molecule has 0 saturated carbocycles. The quantitative estimate of drug-likeness (QED) is 0.830. The molecule has 1 N–H and O–H groups in total. The Bertz CT molecular complexity index is 472. The van der Waals surface area contributed by atoms with E-state index in [-0.39, 0.29) is 5.91 Å². The van der Waals surface area contributed by atoms with Crippen molar-refractivity contribution in [2.24, 2.45) is 0 Å². The van der Waals surface area contributed by atoms with Gasteiger partial charge in [-0.2, -0.15) is 0 Å². The molecule has 0 saturated heterocycles. The number of carbonyl (C=O) groups is 1. The summed E-state index contributed by atoms with van der Waals surface area (Å²) in [5.74, 6) is 0.754. The van der Waals surface area contributed by atoms with E-state index in [4.69, 9.17) is 9.47 Å². The maximum atomic E-state index is 12.2. The minimum Gasteiger partial charge on any atom is -0.493 e. The Morgan fingerprint density at radius 2 is 1.76 bits per heavy atom. The van der Waals surface area contributed by atoms with Crippen molar-refractivity contribution in [1.29, 1.82) is 0 Å². The lowest BCUT2D eigenvalue weighted by molar-refractivity contribution is -0.136. The van der Waals surface area contributed by atoms with Gasteiger partial charge >= 0.3 is 0 Å². The van der Waals surface area contributed by atoms with Gasteiger partial charge in [-0.1, -0.05) is 6.92 Å². The molecule has 0 spiro atoms. The van der Waals surface area contributed by atoms with Crippen LogP contribution in [0.3, 0.4) is 0 Å². The lowest BCUT2D eigenvalue weighted by Crippen LogP contribution is -2.39. The van der Waals surface area contributed by atoms with E-state index in [9.17, 15) is 4.79 Å². The average Bonchev–Trinajstić information content (AvgIpc) is 2.37. The van der Waals surface area contributed by atoms with Crippen LogP contribution >= 0.6 is 0 Å². The number of aryl methyl sites for hydroxylation is 2. The number of amides is 1. The molecule has 1 aromatic carbocycles. The number of rotatable bonds is 7. The van der Waals surface area contributed by atoms with Crippen molar-refractivity contribution >= 4 is 11.6 Å². The van der Waals surface area contributed by atoms with Crippen LogP contribution in [0.5, 0.6) is 5.75 Å². The first kappa shape index (κ1) is 17.5. The summed E-state index contributed by atoms with van der Waals surface area (Å²) >= 11 is 0. The van der Waals surface area contributed by atoms with Crippen LogP contribution in [-0.2, 0) is 9.53 Å². The maximum Gasteiger partial charge on any atom is 0.256 e. The molecule has 4 heteroatoms. The highest BCUT2D eigenvalue weighted by Gasteiger charge is 2.28. The van der Waals surface area contributed by atoms with E-state index >= 15 is 0 Å². The van der Waals surface area contributed by atoms with Crippen LogP contribution in [-0.4, -0.2) is 24.7 Å². The molecule has 0 fully saturated rings. The molecule has 4 nitrogen and oxygen atoms in total. The first-order chi connectivity index (χ1) is 9.81. The van der Waals surface area contributed by atoms with Crippen LogP contribution in [0.2, 0.25) is 0 Å². The van der Waals surface area contributed by atoms with Crippen molar-refractivity contribution in [3.63, 3.8) is 0 Å². The van der Waals surface area contributed by atoms with Gasteiger partial charge in [0.2, 0.25) is 0 Å². The third kappa shape index (κ3) is 4.74. The van der Waals surface area contributed by atoms with Crippen molar-refractivity contribution in [3.05, 3.63) is 23.3 Å².